The third-order valence-corrected chi connectivity index (χ3v) is 1.85. The molecule has 11 heavy (non-hydrogen) atoms. The lowest BCUT2D eigenvalue weighted by Crippen LogP contribution is -2.10. The number of hydrogen-bond acceptors (Lipinski definition) is 2. The first kappa shape index (κ1) is 8.31. The highest BCUT2D eigenvalue weighted by molar-refractivity contribution is 5.87. The van der Waals surface area contributed by atoms with Crippen molar-refractivity contribution < 1.29 is 4.74 Å². The third-order valence-electron chi connectivity index (χ3n) is 1.85. The lowest BCUT2D eigenvalue weighted by atomic mass is 10.0. The number of allylic oxidation sites excluding steroid dienone is 1. The van der Waals surface area contributed by atoms with E-state index in [1.54, 1.807) is 7.11 Å². The second kappa shape index (κ2) is 3.56. The summed E-state index contributed by atoms with van der Waals surface area (Å²) in [6.07, 6.45) is 4.19. The van der Waals surface area contributed by atoms with Gasteiger partial charge in [0.25, 0.3) is 0 Å². The van der Waals surface area contributed by atoms with E-state index in [4.69, 9.17) is 4.74 Å². The maximum absolute atomic E-state index is 5.05. The van der Waals surface area contributed by atoms with Crippen LogP contribution in [0.1, 0.15) is 26.7 Å². The molecule has 0 aromatic rings. The molecule has 1 aliphatic heterocycles. The summed E-state index contributed by atoms with van der Waals surface area (Å²) < 4.78 is 5.05. The van der Waals surface area contributed by atoms with Crippen LogP contribution in [0.4, 0.5) is 0 Å². The van der Waals surface area contributed by atoms with Crippen LogP contribution in [0.3, 0.4) is 0 Å². The van der Waals surface area contributed by atoms with Crippen molar-refractivity contribution in [3.05, 3.63) is 12.0 Å². The first-order valence-electron chi connectivity index (χ1n) is 4.05. The largest absolute Gasteiger partial charge is 0.481 e. The average Bonchev–Trinajstić information content (AvgIpc) is 2.05. The fourth-order valence-corrected chi connectivity index (χ4v) is 1.13. The van der Waals surface area contributed by atoms with Crippen LogP contribution < -0.4 is 0 Å². The first-order valence-corrected chi connectivity index (χ1v) is 4.05. The number of aliphatic imine (C=N–C) groups is 1. The van der Waals surface area contributed by atoms with E-state index in [1.807, 2.05) is 6.08 Å². The summed E-state index contributed by atoms with van der Waals surface area (Å²) in [5, 5.41) is 0. The van der Waals surface area contributed by atoms with E-state index < -0.39 is 0 Å². The molecule has 0 bridgehead atoms. The summed E-state index contributed by atoms with van der Waals surface area (Å²) in [7, 11) is 1.67. The molecule has 0 atom stereocenters. The van der Waals surface area contributed by atoms with Crippen molar-refractivity contribution in [1.29, 1.82) is 0 Å². The average molecular weight is 153 g/mol. The van der Waals surface area contributed by atoms with Gasteiger partial charge < -0.3 is 4.74 Å². The van der Waals surface area contributed by atoms with Crippen molar-refractivity contribution in [1.82, 2.24) is 0 Å². The predicted octanol–water partition coefficient (Wildman–Crippen LogP) is 2.37. The minimum atomic E-state index is 0.550. The van der Waals surface area contributed by atoms with Gasteiger partial charge in [0.2, 0.25) is 5.88 Å². The molecule has 1 heterocycles. The van der Waals surface area contributed by atoms with Crippen molar-refractivity contribution in [2.75, 3.05) is 7.11 Å². The molecular weight excluding hydrogens is 138 g/mol. The summed E-state index contributed by atoms with van der Waals surface area (Å²) in [6.45, 7) is 4.33. The van der Waals surface area contributed by atoms with E-state index in [0.717, 1.165) is 18.7 Å². The zero-order chi connectivity index (χ0) is 8.27. The molecule has 62 valence electrons. The van der Waals surface area contributed by atoms with Crippen LogP contribution in [0.25, 0.3) is 0 Å². The highest BCUT2D eigenvalue weighted by Crippen LogP contribution is 2.15. The Morgan fingerprint density at radius 1 is 1.55 bits per heavy atom. The highest BCUT2D eigenvalue weighted by Gasteiger charge is 2.09. The minimum Gasteiger partial charge on any atom is -0.481 e. The maximum Gasteiger partial charge on any atom is 0.208 e. The lowest BCUT2D eigenvalue weighted by molar-refractivity contribution is 0.284. The van der Waals surface area contributed by atoms with Gasteiger partial charge in [-0.15, -0.1) is 0 Å². The molecule has 1 rings (SSSR count). The standard InChI is InChI=1S/C9H15NO/c1-7(2)8-5-4-6-9(10-8)11-3/h6-7H,4-5H2,1-3H3. The fraction of sp³-hybridized carbons (Fsp3) is 0.667. The van der Waals surface area contributed by atoms with Crippen LogP contribution in [0.15, 0.2) is 17.0 Å². The second-order valence-electron chi connectivity index (χ2n) is 3.04. The van der Waals surface area contributed by atoms with Crippen molar-refractivity contribution in [3.8, 4) is 0 Å². The van der Waals surface area contributed by atoms with Gasteiger partial charge in [0, 0.05) is 5.71 Å². The van der Waals surface area contributed by atoms with E-state index >= 15 is 0 Å². The van der Waals surface area contributed by atoms with Gasteiger partial charge >= 0.3 is 0 Å². The zero-order valence-electron chi connectivity index (χ0n) is 7.42. The van der Waals surface area contributed by atoms with Crippen molar-refractivity contribution in [2.45, 2.75) is 26.7 Å². The normalized spacial score (nSPS) is 17.8. The Hall–Kier alpha value is -0.790. The van der Waals surface area contributed by atoms with Gasteiger partial charge in [0.15, 0.2) is 0 Å². The lowest BCUT2D eigenvalue weighted by Gasteiger charge is -2.14. The maximum atomic E-state index is 5.05. The molecule has 1 aliphatic rings. The smallest absolute Gasteiger partial charge is 0.208 e. The monoisotopic (exact) mass is 153 g/mol. The Labute approximate surface area is 68.0 Å². The molecule has 0 radical (unpaired) electrons. The number of rotatable bonds is 2. The molecule has 0 fully saturated rings. The van der Waals surface area contributed by atoms with Gasteiger partial charge in [-0.3, -0.25) is 0 Å². The van der Waals surface area contributed by atoms with Crippen LogP contribution in [0, 0.1) is 5.92 Å². The van der Waals surface area contributed by atoms with Gasteiger partial charge in [0.05, 0.1) is 7.11 Å². The van der Waals surface area contributed by atoms with E-state index in [1.165, 1.54) is 5.71 Å². The Bertz CT molecular complexity index is 192. The molecule has 0 aliphatic carbocycles. The molecule has 0 aromatic carbocycles. The van der Waals surface area contributed by atoms with E-state index in [0.29, 0.717) is 5.92 Å². The molecule has 0 amide bonds. The third kappa shape index (κ3) is 2.07. The minimum absolute atomic E-state index is 0.550. The van der Waals surface area contributed by atoms with Crippen LogP contribution >= 0.6 is 0 Å². The Morgan fingerprint density at radius 2 is 2.27 bits per heavy atom. The van der Waals surface area contributed by atoms with Crippen LogP contribution in [0.2, 0.25) is 0 Å². The number of ether oxygens (including phenoxy) is 1. The van der Waals surface area contributed by atoms with Gasteiger partial charge in [0.1, 0.15) is 0 Å². The van der Waals surface area contributed by atoms with E-state index in [2.05, 4.69) is 18.8 Å². The molecule has 0 saturated heterocycles. The topological polar surface area (TPSA) is 21.6 Å². The van der Waals surface area contributed by atoms with E-state index in [-0.39, 0.29) is 0 Å². The molecule has 0 saturated carbocycles. The molecular formula is C9H15NO. The van der Waals surface area contributed by atoms with Gasteiger partial charge in [-0.25, -0.2) is 4.99 Å². The highest BCUT2D eigenvalue weighted by atomic mass is 16.5. The Morgan fingerprint density at radius 3 is 2.82 bits per heavy atom. The van der Waals surface area contributed by atoms with Gasteiger partial charge in [-0.05, 0) is 24.8 Å². The predicted molar refractivity (Wildman–Crippen MR) is 46.6 cm³/mol. The van der Waals surface area contributed by atoms with Gasteiger partial charge in [-0.2, -0.15) is 0 Å². The summed E-state index contributed by atoms with van der Waals surface area (Å²) in [4.78, 5) is 4.36. The fourth-order valence-electron chi connectivity index (χ4n) is 1.13. The molecule has 2 nitrogen and oxygen atoms in total. The zero-order valence-corrected chi connectivity index (χ0v) is 7.42. The first-order chi connectivity index (χ1) is 5.24. The molecule has 0 aromatic heterocycles. The SMILES string of the molecule is COC1=CCCC(C(C)C)=N1. The Balaban J connectivity index is 2.68. The number of hydrogen-bond donors (Lipinski definition) is 0. The molecule has 0 spiro atoms. The van der Waals surface area contributed by atoms with Crippen LogP contribution in [0.5, 0.6) is 0 Å². The van der Waals surface area contributed by atoms with Crippen LogP contribution in [-0.2, 0) is 4.74 Å². The molecule has 2 heteroatoms. The summed E-state index contributed by atoms with van der Waals surface area (Å²) >= 11 is 0. The Kier molecular flexibility index (Phi) is 2.69. The van der Waals surface area contributed by atoms with Gasteiger partial charge in [-0.1, -0.05) is 13.8 Å². The van der Waals surface area contributed by atoms with Crippen molar-refractivity contribution in [3.63, 3.8) is 0 Å². The van der Waals surface area contributed by atoms with Crippen molar-refractivity contribution in [2.24, 2.45) is 10.9 Å². The number of nitrogens with zero attached hydrogens (tertiary/aromatic N) is 1. The molecule has 0 unspecified atom stereocenters. The van der Waals surface area contributed by atoms with Crippen LogP contribution in [-0.4, -0.2) is 12.8 Å². The number of methoxy groups -OCH3 is 1. The van der Waals surface area contributed by atoms with E-state index in [9.17, 15) is 0 Å². The summed E-state index contributed by atoms with van der Waals surface area (Å²) in [6, 6.07) is 0. The van der Waals surface area contributed by atoms with Crippen molar-refractivity contribution >= 4 is 5.71 Å². The summed E-state index contributed by atoms with van der Waals surface area (Å²) in [5.74, 6) is 1.33. The quantitative estimate of drug-likeness (QED) is 0.596. The molecule has 0 N–H and O–H groups in total. The summed E-state index contributed by atoms with van der Waals surface area (Å²) in [5.41, 5.74) is 1.25. The second-order valence-corrected chi connectivity index (χ2v) is 3.04.